The van der Waals surface area contributed by atoms with Gasteiger partial charge in [0.25, 0.3) is 0 Å². The first kappa shape index (κ1) is 25.1. The van der Waals surface area contributed by atoms with Crippen LogP contribution >= 0.6 is 23.2 Å². The Bertz CT molecular complexity index is 1830. The summed E-state index contributed by atoms with van der Waals surface area (Å²) in [6.45, 7) is 1.11. The zero-order valence-corrected chi connectivity index (χ0v) is 22.4. The summed E-state index contributed by atoms with van der Waals surface area (Å²) in [6.07, 6.45) is 0. The number of ether oxygens (including phenoxy) is 1. The lowest BCUT2D eigenvalue weighted by Gasteiger charge is -2.11. The average molecular weight is 551 g/mol. The molecule has 1 heterocycles. The van der Waals surface area contributed by atoms with E-state index in [1.54, 1.807) is 12.1 Å². The van der Waals surface area contributed by atoms with Crippen molar-refractivity contribution in [1.29, 1.82) is 0 Å². The van der Waals surface area contributed by atoms with Gasteiger partial charge in [-0.3, -0.25) is 4.79 Å². The third kappa shape index (κ3) is 4.97. The largest absolute Gasteiger partial charge is 0.489 e. The molecule has 0 aliphatic carbocycles. The van der Waals surface area contributed by atoms with Gasteiger partial charge in [0.05, 0.1) is 11.0 Å². The number of primary amides is 1. The molecule has 0 fully saturated rings. The Hall–Kier alpha value is -4.25. The molecule has 6 rings (SSSR count). The summed E-state index contributed by atoms with van der Waals surface area (Å²) in [7, 11) is 0. The van der Waals surface area contributed by atoms with Gasteiger partial charge in [-0.15, -0.1) is 0 Å². The zero-order valence-electron chi connectivity index (χ0n) is 20.9. The number of hydrogen-bond acceptors (Lipinski definition) is 2. The number of halogens is 2. The number of carbonyl (C=O) groups is 1. The van der Waals surface area contributed by atoms with E-state index in [1.165, 1.54) is 0 Å². The molecule has 0 atom stereocenters. The number of nitrogens with zero attached hydrogens (tertiary/aromatic N) is 1. The Balaban J connectivity index is 1.41. The predicted octanol–water partition coefficient (Wildman–Crippen LogP) is 8.49. The van der Waals surface area contributed by atoms with Crippen LogP contribution in [-0.2, 0) is 13.2 Å². The van der Waals surface area contributed by atoms with Gasteiger partial charge in [-0.1, -0.05) is 89.9 Å². The lowest BCUT2D eigenvalue weighted by molar-refractivity contribution is 0.100. The quantitative estimate of drug-likeness (QED) is 0.216. The maximum atomic E-state index is 12.4. The molecular formula is C33H24Cl2N2O2. The highest BCUT2D eigenvalue weighted by atomic mass is 35.5. The molecule has 1 aromatic heterocycles. The number of carbonyl (C=O) groups excluding carboxylic acids is 1. The van der Waals surface area contributed by atoms with E-state index in [0.29, 0.717) is 28.8 Å². The zero-order chi connectivity index (χ0) is 26.9. The molecular weight excluding hydrogens is 527 g/mol. The molecule has 0 aliphatic heterocycles. The van der Waals surface area contributed by atoms with E-state index in [0.717, 1.165) is 49.8 Å². The molecule has 0 saturated carbocycles. The molecule has 5 aromatic carbocycles. The Kier molecular flexibility index (Phi) is 6.74. The second kappa shape index (κ2) is 10.5. The number of nitrogens with two attached hydrogens (primary N) is 1. The third-order valence-corrected chi connectivity index (χ3v) is 7.46. The molecule has 2 N–H and O–H groups in total. The number of rotatable bonds is 7. The normalized spacial score (nSPS) is 11.2. The van der Waals surface area contributed by atoms with Crippen LogP contribution in [0.5, 0.6) is 5.75 Å². The summed E-state index contributed by atoms with van der Waals surface area (Å²) in [5.74, 6) is 0.352. The standard InChI is InChI=1S/C33H24Cl2N2O2/c34-24-12-16-26(29(35)18-24)23-11-15-27-31(17-23)37(30-8-4-7-28(32(27)30)33(36)38)19-21-9-13-25(14-10-21)39-20-22-5-2-1-3-6-22/h1-18H,19-20H2,(H2,36,38). The monoisotopic (exact) mass is 550 g/mol. The van der Waals surface area contributed by atoms with Crippen molar-refractivity contribution in [3.8, 4) is 16.9 Å². The van der Waals surface area contributed by atoms with Crippen molar-refractivity contribution in [1.82, 2.24) is 4.57 Å². The fraction of sp³-hybridized carbons (Fsp3) is 0.0606. The van der Waals surface area contributed by atoms with Gasteiger partial charge < -0.3 is 15.0 Å². The summed E-state index contributed by atoms with van der Waals surface area (Å²) in [4.78, 5) is 12.4. The molecule has 0 bridgehead atoms. The molecule has 6 heteroatoms. The Morgan fingerprint density at radius 2 is 1.56 bits per heavy atom. The van der Waals surface area contributed by atoms with Crippen LogP contribution in [0.3, 0.4) is 0 Å². The maximum Gasteiger partial charge on any atom is 0.249 e. The van der Waals surface area contributed by atoms with Gasteiger partial charge in [0.2, 0.25) is 5.91 Å². The van der Waals surface area contributed by atoms with E-state index in [9.17, 15) is 4.79 Å². The number of aromatic nitrogens is 1. The number of hydrogen-bond donors (Lipinski definition) is 1. The minimum atomic E-state index is -0.454. The SMILES string of the molecule is NC(=O)c1cccc2c1c1ccc(-c3ccc(Cl)cc3Cl)cc1n2Cc1ccc(OCc2ccccc2)cc1. The molecule has 0 unspecified atom stereocenters. The van der Waals surface area contributed by atoms with Crippen molar-refractivity contribution in [2.24, 2.45) is 5.73 Å². The molecule has 0 saturated heterocycles. The van der Waals surface area contributed by atoms with Crippen molar-refractivity contribution in [3.05, 3.63) is 136 Å². The van der Waals surface area contributed by atoms with Gasteiger partial charge in [-0.25, -0.2) is 0 Å². The summed E-state index contributed by atoms with van der Waals surface area (Å²) >= 11 is 12.7. The van der Waals surface area contributed by atoms with Gasteiger partial charge >= 0.3 is 0 Å². The van der Waals surface area contributed by atoms with E-state index < -0.39 is 5.91 Å². The van der Waals surface area contributed by atoms with Crippen LogP contribution in [0.2, 0.25) is 10.0 Å². The molecule has 0 radical (unpaired) electrons. The van der Waals surface area contributed by atoms with Crippen molar-refractivity contribution >= 4 is 50.9 Å². The van der Waals surface area contributed by atoms with Gasteiger partial charge in [-0.05, 0) is 59.2 Å². The fourth-order valence-electron chi connectivity index (χ4n) is 5.03. The first-order valence-corrected chi connectivity index (χ1v) is 13.3. The van der Waals surface area contributed by atoms with E-state index >= 15 is 0 Å². The molecule has 4 nitrogen and oxygen atoms in total. The highest BCUT2D eigenvalue weighted by Gasteiger charge is 2.18. The second-order valence-electron chi connectivity index (χ2n) is 9.42. The van der Waals surface area contributed by atoms with E-state index in [4.69, 9.17) is 33.7 Å². The van der Waals surface area contributed by atoms with Gasteiger partial charge in [0, 0.05) is 38.5 Å². The maximum absolute atomic E-state index is 12.4. The molecule has 39 heavy (non-hydrogen) atoms. The topological polar surface area (TPSA) is 57.2 Å². The van der Waals surface area contributed by atoms with Crippen LogP contribution in [0.25, 0.3) is 32.9 Å². The van der Waals surface area contributed by atoms with Crippen molar-refractivity contribution in [2.45, 2.75) is 13.2 Å². The second-order valence-corrected chi connectivity index (χ2v) is 10.3. The number of benzene rings is 5. The highest BCUT2D eigenvalue weighted by Crippen LogP contribution is 2.37. The Morgan fingerprint density at radius 3 is 2.31 bits per heavy atom. The summed E-state index contributed by atoms with van der Waals surface area (Å²) in [5.41, 5.74) is 12.3. The Morgan fingerprint density at radius 1 is 0.769 bits per heavy atom. The van der Waals surface area contributed by atoms with Crippen molar-refractivity contribution in [3.63, 3.8) is 0 Å². The fourth-order valence-corrected chi connectivity index (χ4v) is 5.54. The predicted molar refractivity (Wildman–Crippen MR) is 160 cm³/mol. The van der Waals surface area contributed by atoms with E-state index in [-0.39, 0.29) is 0 Å². The molecule has 0 aliphatic rings. The van der Waals surface area contributed by atoms with Gasteiger partial charge in [0.15, 0.2) is 0 Å². The van der Waals surface area contributed by atoms with Crippen LogP contribution in [-0.4, -0.2) is 10.5 Å². The summed E-state index contributed by atoms with van der Waals surface area (Å²) in [6, 6.07) is 35.5. The van der Waals surface area contributed by atoms with Gasteiger partial charge in [-0.2, -0.15) is 0 Å². The minimum absolute atomic E-state index is 0.454. The summed E-state index contributed by atoms with van der Waals surface area (Å²) in [5, 5.41) is 2.96. The van der Waals surface area contributed by atoms with Crippen LogP contribution in [0, 0.1) is 0 Å². The van der Waals surface area contributed by atoms with Crippen molar-refractivity contribution in [2.75, 3.05) is 0 Å². The lowest BCUT2D eigenvalue weighted by Crippen LogP contribution is -2.11. The molecule has 192 valence electrons. The first-order chi connectivity index (χ1) is 19.0. The number of amides is 1. The van der Waals surface area contributed by atoms with Crippen molar-refractivity contribution < 1.29 is 9.53 Å². The lowest BCUT2D eigenvalue weighted by atomic mass is 10.0. The number of fused-ring (bicyclic) bond motifs is 3. The molecule has 0 spiro atoms. The highest BCUT2D eigenvalue weighted by molar-refractivity contribution is 6.36. The van der Waals surface area contributed by atoms with Gasteiger partial charge in [0.1, 0.15) is 12.4 Å². The average Bonchev–Trinajstić information content (AvgIpc) is 3.26. The Labute approximate surface area is 236 Å². The van der Waals surface area contributed by atoms with E-state index in [1.807, 2.05) is 78.9 Å². The van der Waals surface area contributed by atoms with Crippen LogP contribution in [0.4, 0.5) is 0 Å². The third-order valence-electron chi connectivity index (χ3n) is 6.91. The smallest absolute Gasteiger partial charge is 0.249 e. The first-order valence-electron chi connectivity index (χ1n) is 12.5. The van der Waals surface area contributed by atoms with Crippen LogP contribution in [0.1, 0.15) is 21.5 Å². The summed E-state index contributed by atoms with van der Waals surface area (Å²) < 4.78 is 8.18. The van der Waals surface area contributed by atoms with E-state index in [2.05, 4.69) is 22.8 Å². The minimum Gasteiger partial charge on any atom is -0.489 e. The molecule has 1 amide bonds. The molecule has 6 aromatic rings. The van der Waals surface area contributed by atoms with Crippen LogP contribution < -0.4 is 10.5 Å². The van der Waals surface area contributed by atoms with Crippen LogP contribution in [0.15, 0.2) is 109 Å².